The molecule has 1 N–H and O–H groups in total. The van der Waals surface area contributed by atoms with Crippen LogP contribution in [0.4, 0.5) is 0 Å². The summed E-state index contributed by atoms with van der Waals surface area (Å²) in [5.41, 5.74) is 1.73. The number of carbonyl (C=O) groups excluding carboxylic acids is 1. The number of benzene rings is 1. The number of thiazole rings is 1. The first kappa shape index (κ1) is 19.5. The molecule has 1 unspecified atom stereocenters. The summed E-state index contributed by atoms with van der Waals surface area (Å²) in [7, 11) is 1.73. The molecule has 1 aromatic carbocycles. The van der Waals surface area contributed by atoms with Gasteiger partial charge in [0.05, 0.1) is 24.9 Å². The Kier molecular flexibility index (Phi) is 6.20. The van der Waals surface area contributed by atoms with Gasteiger partial charge >= 0.3 is 5.97 Å². The number of amides is 1. The van der Waals surface area contributed by atoms with Crippen LogP contribution in [0, 0.1) is 6.92 Å². The summed E-state index contributed by atoms with van der Waals surface area (Å²) < 4.78 is 5.71. The van der Waals surface area contributed by atoms with Gasteiger partial charge in [0.2, 0.25) is 0 Å². The highest BCUT2D eigenvalue weighted by atomic mass is 32.1. The fraction of sp³-hybridized carbons (Fsp3) is 0.421. The SMILES string of the molecule is Cc1nc(-c2ccccc2)sc1C(=O)N1CCOC(CN(C)CC(=O)O)C1. The van der Waals surface area contributed by atoms with Gasteiger partial charge in [0.1, 0.15) is 9.88 Å². The molecule has 1 fully saturated rings. The normalized spacial score (nSPS) is 17.3. The Morgan fingerprint density at radius 1 is 1.37 bits per heavy atom. The van der Waals surface area contributed by atoms with Crippen LogP contribution in [0.15, 0.2) is 30.3 Å². The standard InChI is InChI=1S/C19H23N3O4S/c1-13-17(27-18(20-13)14-6-4-3-5-7-14)19(25)22-8-9-26-15(11-22)10-21(2)12-16(23)24/h3-7,15H,8-12H2,1-2H3,(H,23,24). The molecule has 0 aliphatic carbocycles. The molecule has 0 spiro atoms. The van der Waals surface area contributed by atoms with E-state index >= 15 is 0 Å². The van der Waals surface area contributed by atoms with Crippen molar-refractivity contribution in [3.05, 3.63) is 40.9 Å². The summed E-state index contributed by atoms with van der Waals surface area (Å²) in [5.74, 6) is -0.920. The summed E-state index contributed by atoms with van der Waals surface area (Å²) >= 11 is 1.41. The lowest BCUT2D eigenvalue weighted by molar-refractivity contribution is -0.138. The van der Waals surface area contributed by atoms with Gasteiger partial charge in [-0.25, -0.2) is 4.98 Å². The Labute approximate surface area is 162 Å². The zero-order valence-corrected chi connectivity index (χ0v) is 16.2. The highest BCUT2D eigenvalue weighted by Crippen LogP contribution is 2.29. The molecular formula is C19H23N3O4S. The maximum Gasteiger partial charge on any atom is 0.317 e. The van der Waals surface area contributed by atoms with Crippen molar-refractivity contribution in [3.63, 3.8) is 0 Å². The molecule has 0 saturated carbocycles. The lowest BCUT2D eigenvalue weighted by Gasteiger charge is -2.34. The number of morpholine rings is 1. The van der Waals surface area contributed by atoms with E-state index in [0.29, 0.717) is 31.1 Å². The molecule has 7 nitrogen and oxygen atoms in total. The molecular weight excluding hydrogens is 366 g/mol. The Bertz CT molecular complexity index is 809. The predicted octanol–water partition coefficient (Wildman–Crippen LogP) is 1.98. The smallest absolute Gasteiger partial charge is 0.317 e. The molecule has 3 rings (SSSR count). The van der Waals surface area contributed by atoms with E-state index in [1.54, 1.807) is 16.8 Å². The van der Waals surface area contributed by atoms with Crippen molar-refractivity contribution in [2.24, 2.45) is 0 Å². The summed E-state index contributed by atoms with van der Waals surface area (Å²) in [4.78, 5) is 32.5. The number of likely N-dealkylation sites (N-methyl/N-ethyl adjacent to an activating group) is 1. The third-order valence-corrected chi connectivity index (χ3v) is 5.55. The van der Waals surface area contributed by atoms with Crippen LogP contribution in [0.25, 0.3) is 10.6 Å². The van der Waals surface area contributed by atoms with Gasteiger partial charge in [0, 0.05) is 25.2 Å². The number of hydrogen-bond acceptors (Lipinski definition) is 6. The van der Waals surface area contributed by atoms with Crippen molar-refractivity contribution in [2.75, 3.05) is 39.8 Å². The molecule has 0 radical (unpaired) electrons. The summed E-state index contributed by atoms with van der Waals surface area (Å²) in [5, 5.41) is 9.71. The van der Waals surface area contributed by atoms with Crippen LogP contribution in [0.5, 0.6) is 0 Å². The highest BCUT2D eigenvalue weighted by molar-refractivity contribution is 7.17. The number of aryl methyl sites for hydroxylation is 1. The number of nitrogens with zero attached hydrogens (tertiary/aromatic N) is 3. The summed E-state index contributed by atoms with van der Waals surface area (Å²) in [6, 6.07) is 9.82. The van der Waals surface area contributed by atoms with E-state index in [2.05, 4.69) is 4.98 Å². The van der Waals surface area contributed by atoms with Gasteiger partial charge in [-0.1, -0.05) is 30.3 Å². The second-order valence-corrected chi connectivity index (χ2v) is 7.63. The molecule has 27 heavy (non-hydrogen) atoms. The molecule has 1 aromatic heterocycles. The molecule has 1 amide bonds. The maximum atomic E-state index is 13.0. The Hall–Kier alpha value is -2.29. The van der Waals surface area contributed by atoms with Crippen LogP contribution in [-0.4, -0.2) is 77.7 Å². The van der Waals surface area contributed by atoms with E-state index in [1.165, 1.54) is 11.3 Å². The van der Waals surface area contributed by atoms with Crippen LogP contribution in [-0.2, 0) is 9.53 Å². The number of carbonyl (C=O) groups is 2. The third-order valence-electron chi connectivity index (χ3n) is 4.36. The van der Waals surface area contributed by atoms with Crippen molar-refractivity contribution in [2.45, 2.75) is 13.0 Å². The Balaban J connectivity index is 1.68. The molecule has 1 saturated heterocycles. The number of hydrogen-bond donors (Lipinski definition) is 1. The summed E-state index contributed by atoms with van der Waals surface area (Å²) in [6.45, 7) is 3.68. The quantitative estimate of drug-likeness (QED) is 0.813. The number of ether oxygens (including phenoxy) is 1. The van der Waals surface area contributed by atoms with E-state index in [0.717, 1.165) is 16.3 Å². The number of carboxylic acids is 1. The van der Waals surface area contributed by atoms with E-state index in [9.17, 15) is 9.59 Å². The molecule has 8 heteroatoms. The molecule has 2 aromatic rings. The average Bonchev–Trinajstić information content (AvgIpc) is 3.03. The number of rotatable bonds is 6. The van der Waals surface area contributed by atoms with Crippen molar-refractivity contribution in [1.29, 1.82) is 0 Å². The molecule has 1 atom stereocenters. The minimum atomic E-state index is -0.880. The first-order valence-electron chi connectivity index (χ1n) is 8.78. The fourth-order valence-electron chi connectivity index (χ4n) is 3.10. The van der Waals surface area contributed by atoms with Crippen molar-refractivity contribution in [1.82, 2.24) is 14.8 Å². The highest BCUT2D eigenvalue weighted by Gasteiger charge is 2.28. The van der Waals surface area contributed by atoms with Crippen molar-refractivity contribution >= 4 is 23.2 Å². The van der Waals surface area contributed by atoms with E-state index in [4.69, 9.17) is 9.84 Å². The van der Waals surface area contributed by atoms with E-state index < -0.39 is 5.97 Å². The fourth-order valence-corrected chi connectivity index (χ4v) is 4.14. The van der Waals surface area contributed by atoms with Gasteiger partial charge in [0.15, 0.2) is 0 Å². The zero-order chi connectivity index (χ0) is 19.4. The third kappa shape index (κ3) is 4.91. The molecule has 2 heterocycles. The first-order valence-corrected chi connectivity index (χ1v) is 9.59. The van der Waals surface area contributed by atoms with Gasteiger partial charge in [-0.3, -0.25) is 14.5 Å². The topological polar surface area (TPSA) is 83.0 Å². The second-order valence-electron chi connectivity index (χ2n) is 6.63. The average molecular weight is 389 g/mol. The van der Waals surface area contributed by atoms with Gasteiger partial charge in [-0.15, -0.1) is 11.3 Å². The van der Waals surface area contributed by atoms with Gasteiger partial charge in [-0.05, 0) is 14.0 Å². The molecule has 0 bridgehead atoms. The van der Waals surface area contributed by atoms with E-state index in [-0.39, 0.29) is 18.6 Å². The van der Waals surface area contributed by atoms with Gasteiger partial charge in [0.25, 0.3) is 5.91 Å². The largest absolute Gasteiger partial charge is 0.480 e. The molecule has 1 aliphatic rings. The van der Waals surface area contributed by atoms with Gasteiger partial charge < -0.3 is 14.7 Å². The number of aliphatic carboxylic acids is 1. The van der Waals surface area contributed by atoms with Crippen LogP contribution in [0.3, 0.4) is 0 Å². The molecule has 1 aliphatic heterocycles. The lowest BCUT2D eigenvalue weighted by Crippen LogP contribution is -2.49. The Morgan fingerprint density at radius 2 is 2.11 bits per heavy atom. The Morgan fingerprint density at radius 3 is 2.81 bits per heavy atom. The lowest BCUT2D eigenvalue weighted by atomic mass is 10.2. The maximum absolute atomic E-state index is 13.0. The predicted molar refractivity (Wildman–Crippen MR) is 103 cm³/mol. The van der Waals surface area contributed by atoms with Crippen LogP contribution in [0.2, 0.25) is 0 Å². The second kappa shape index (κ2) is 8.60. The number of carboxylic acid groups (broad SMARTS) is 1. The zero-order valence-electron chi connectivity index (χ0n) is 15.4. The van der Waals surface area contributed by atoms with Gasteiger partial charge in [-0.2, -0.15) is 0 Å². The number of aromatic nitrogens is 1. The first-order chi connectivity index (χ1) is 12.9. The van der Waals surface area contributed by atoms with Crippen molar-refractivity contribution < 1.29 is 19.4 Å². The van der Waals surface area contributed by atoms with Crippen LogP contribution in [0.1, 0.15) is 15.4 Å². The molecule has 144 valence electrons. The minimum absolute atomic E-state index is 0.0404. The van der Waals surface area contributed by atoms with Crippen LogP contribution < -0.4 is 0 Å². The van der Waals surface area contributed by atoms with Crippen molar-refractivity contribution in [3.8, 4) is 10.6 Å². The monoisotopic (exact) mass is 389 g/mol. The van der Waals surface area contributed by atoms with Crippen LogP contribution >= 0.6 is 11.3 Å². The summed E-state index contributed by atoms with van der Waals surface area (Å²) in [6.07, 6.45) is -0.200. The van der Waals surface area contributed by atoms with E-state index in [1.807, 2.05) is 37.3 Å². The minimum Gasteiger partial charge on any atom is -0.480 e.